The van der Waals surface area contributed by atoms with Crippen LogP contribution in [0.15, 0.2) is 42.7 Å². The number of benzene rings is 1. The first kappa shape index (κ1) is 14.3. The van der Waals surface area contributed by atoms with Crippen LogP contribution in [0.5, 0.6) is 0 Å². The summed E-state index contributed by atoms with van der Waals surface area (Å²) in [5, 5.41) is 11.4. The van der Waals surface area contributed by atoms with Crippen LogP contribution >= 0.6 is 0 Å². The second kappa shape index (κ2) is 6.08. The number of nitrogens with one attached hydrogen (secondary N) is 2. The van der Waals surface area contributed by atoms with Crippen LogP contribution in [0.25, 0.3) is 22.2 Å². The molecule has 3 aromatic rings. The Morgan fingerprint density at radius 1 is 1.17 bits per heavy atom. The van der Waals surface area contributed by atoms with E-state index in [1.165, 1.54) is 0 Å². The molecular weight excluding hydrogens is 288 g/mol. The van der Waals surface area contributed by atoms with Crippen molar-refractivity contribution in [3.8, 4) is 11.1 Å². The van der Waals surface area contributed by atoms with Gasteiger partial charge in [0.1, 0.15) is 0 Å². The van der Waals surface area contributed by atoms with Gasteiger partial charge < -0.3 is 11.1 Å². The highest BCUT2D eigenvalue weighted by atomic mass is 15.3. The van der Waals surface area contributed by atoms with Crippen LogP contribution in [0, 0.1) is 0 Å². The summed E-state index contributed by atoms with van der Waals surface area (Å²) in [6.07, 6.45) is 3.55. The molecule has 2 aromatic heterocycles. The quantitative estimate of drug-likeness (QED) is 0.683. The van der Waals surface area contributed by atoms with Gasteiger partial charge in [0, 0.05) is 37.8 Å². The summed E-state index contributed by atoms with van der Waals surface area (Å²) >= 11 is 0. The molecule has 0 spiro atoms. The molecular formula is C17H20N6. The van der Waals surface area contributed by atoms with Gasteiger partial charge in [-0.05, 0) is 28.8 Å². The first-order chi connectivity index (χ1) is 11.3. The topological polar surface area (TPSA) is 82.9 Å². The first-order valence-corrected chi connectivity index (χ1v) is 7.92. The summed E-state index contributed by atoms with van der Waals surface area (Å²) in [7, 11) is 0. The van der Waals surface area contributed by atoms with E-state index in [-0.39, 0.29) is 6.17 Å². The van der Waals surface area contributed by atoms with Gasteiger partial charge in [0.15, 0.2) is 5.65 Å². The van der Waals surface area contributed by atoms with E-state index in [0.29, 0.717) is 0 Å². The molecule has 6 nitrogen and oxygen atoms in total. The minimum absolute atomic E-state index is 0.0706. The fourth-order valence-corrected chi connectivity index (χ4v) is 3.16. The van der Waals surface area contributed by atoms with Crippen molar-refractivity contribution in [1.82, 2.24) is 25.4 Å². The van der Waals surface area contributed by atoms with Crippen molar-refractivity contribution in [2.24, 2.45) is 5.73 Å². The van der Waals surface area contributed by atoms with Gasteiger partial charge in [-0.1, -0.05) is 18.2 Å². The fourth-order valence-electron chi connectivity index (χ4n) is 3.16. The van der Waals surface area contributed by atoms with Crippen molar-refractivity contribution in [2.75, 3.05) is 26.2 Å². The van der Waals surface area contributed by atoms with Crippen molar-refractivity contribution >= 4 is 11.0 Å². The molecule has 3 heterocycles. The van der Waals surface area contributed by atoms with Crippen LogP contribution in [0.4, 0.5) is 0 Å². The second-order valence-electron chi connectivity index (χ2n) is 5.85. The van der Waals surface area contributed by atoms with E-state index in [9.17, 15) is 0 Å². The average molecular weight is 308 g/mol. The predicted octanol–water partition coefficient (Wildman–Crippen LogP) is 1.49. The van der Waals surface area contributed by atoms with E-state index in [1.807, 2.05) is 12.3 Å². The Bertz CT molecular complexity index is 805. The maximum absolute atomic E-state index is 6.48. The third kappa shape index (κ3) is 2.72. The predicted molar refractivity (Wildman–Crippen MR) is 90.7 cm³/mol. The fraction of sp³-hybridized carbons (Fsp3) is 0.294. The summed E-state index contributed by atoms with van der Waals surface area (Å²) in [5.74, 6) is 0. The number of H-pyrrole nitrogens is 1. The first-order valence-electron chi connectivity index (χ1n) is 7.92. The van der Waals surface area contributed by atoms with Gasteiger partial charge >= 0.3 is 0 Å². The Balaban J connectivity index is 1.69. The zero-order valence-electron chi connectivity index (χ0n) is 12.9. The number of rotatable bonds is 3. The lowest BCUT2D eigenvalue weighted by molar-refractivity contribution is 0.177. The zero-order chi connectivity index (χ0) is 15.6. The molecule has 23 heavy (non-hydrogen) atoms. The molecule has 1 atom stereocenters. The van der Waals surface area contributed by atoms with Crippen LogP contribution in [0.2, 0.25) is 0 Å². The Morgan fingerprint density at radius 3 is 2.91 bits per heavy atom. The van der Waals surface area contributed by atoms with E-state index in [4.69, 9.17) is 5.73 Å². The Hall–Kier alpha value is -2.28. The van der Waals surface area contributed by atoms with Crippen LogP contribution < -0.4 is 11.1 Å². The summed E-state index contributed by atoms with van der Waals surface area (Å²) < 4.78 is 0. The van der Waals surface area contributed by atoms with E-state index >= 15 is 0 Å². The molecule has 1 aliphatic rings. The number of aromatic nitrogens is 3. The van der Waals surface area contributed by atoms with Crippen LogP contribution in [-0.2, 0) is 0 Å². The number of nitrogens with two attached hydrogens (primary N) is 1. The highest BCUT2D eigenvalue weighted by Gasteiger charge is 2.19. The van der Waals surface area contributed by atoms with Crippen molar-refractivity contribution < 1.29 is 0 Å². The Kier molecular flexibility index (Phi) is 3.78. The van der Waals surface area contributed by atoms with Crippen LogP contribution in [0.3, 0.4) is 0 Å². The summed E-state index contributed by atoms with van der Waals surface area (Å²) in [6, 6.07) is 10.5. The molecule has 0 bridgehead atoms. The second-order valence-corrected chi connectivity index (χ2v) is 5.85. The number of piperazine rings is 1. The van der Waals surface area contributed by atoms with Gasteiger partial charge in [-0.25, -0.2) is 4.98 Å². The monoisotopic (exact) mass is 308 g/mol. The van der Waals surface area contributed by atoms with Crippen LogP contribution in [-0.4, -0.2) is 46.3 Å². The summed E-state index contributed by atoms with van der Waals surface area (Å²) in [5.41, 5.74) is 10.7. The third-order valence-electron chi connectivity index (χ3n) is 4.44. The standard InChI is InChI=1S/C17H20N6/c18-16(23-8-6-19-7-9-23)13-3-1-2-12(10-13)14-4-5-20-17-15(14)11-21-22-17/h1-5,10-11,16,19H,6-9,18H2,(H,20,21,22). The Labute approximate surface area is 134 Å². The number of fused-ring (bicyclic) bond motifs is 1. The number of aromatic amines is 1. The van der Waals surface area contributed by atoms with E-state index in [2.05, 4.69) is 49.7 Å². The van der Waals surface area contributed by atoms with Crippen molar-refractivity contribution in [3.63, 3.8) is 0 Å². The van der Waals surface area contributed by atoms with Crippen molar-refractivity contribution in [2.45, 2.75) is 6.17 Å². The average Bonchev–Trinajstić information content (AvgIpc) is 3.10. The molecule has 1 aromatic carbocycles. The van der Waals surface area contributed by atoms with Crippen molar-refractivity contribution in [1.29, 1.82) is 0 Å². The van der Waals surface area contributed by atoms with Crippen molar-refractivity contribution in [3.05, 3.63) is 48.3 Å². The third-order valence-corrected chi connectivity index (χ3v) is 4.44. The highest BCUT2D eigenvalue weighted by Crippen LogP contribution is 2.28. The normalized spacial score (nSPS) is 17.4. The minimum Gasteiger partial charge on any atom is -0.314 e. The molecule has 1 fully saturated rings. The van der Waals surface area contributed by atoms with Gasteiger partial charge in [-0.3, -0.25) is 10.00 Å². The van der Waals surface area contributed by atoms with Gasteiger partial charge in [0.05, 0.1) is 12.4 Å². The molecule has 0 amide bonds. The summed E-state index contributed by atoms with van der Waals surface area (Å²) in [4.78, 5) is 6.62. The largest absolute Gasteiger partial charge is 0.314 e. The Morgan fingerprint density at radius 2 is 2.04 bits per heavy atom. The van der Waals surface area contributed by atoms with E-state index < -0.39 is 0 Å². The van der Waals surface area contributed by atoms with Gasteiger partial charge in [0.2, 0.25) is 0 Å². The molecule has 4 N–H and O–H groups in total. The molecule has 1 unspecified atom stereocenters. The highest BCUT2D eigenvalue weighted by molar-refractivity contribution is 5.92. The van der Waals surface area contributed by atoms with E-state index in [1.54, 1.807) is 6.20 Å². The molecule has 0 radical (unpaired) electrons. The van der Waals surface area contributed by atoms with Gasteiger partial charge in [-0.2, -0.15) is 5.10 Å². The lowest BCUT2D eigenvalue weighted by atomic mass is 10.0. The van der Waals surface area contributed by atoms with Gasteiger partial charge in [-0.15, -0.1) is 0 Å². The molecule has 4 rings (SSSR count). The van der Waals surface area contributed by atoms with Gasteiger partial charge in [0.25, 0.3) is 0 Å². The maximum atomic E-state index is 6.48. The number of hydrogen-bond acceptors (Lipinski definition) is 5. The molecule has 1 aliphatic heterocycles. The lowest BCUT2D eigenvalue weighted by Crippen LogP contribution is -2.47. The molecule has 0 aliphatic carbocycles. The lowest BCUT2D eigenvalue weighted by Gasteiger charge is -2.32. The summed E-state index contributed by atoms with van der Waals surface area (Å²) in [6.45, 7) is 3.94. The molecule has 0 saturated carbocycles. The number of nitrogens with zero attached hydrogens (tertiary/aromatic N) is 3. The zero-order valence-corrected chi connectivity index (χ0v) is 12.9. The van der Waals surface area contributed by atoms with E-state index in [0.717, 1.165) is 53.9 Å². The number of hydrogen-bond donors (Lipinski definition) is 3. The molecule has 118 valence electrons. The smallest absolute Gasteiger partial charge is 0.155 e. The molecule has 6 heteroatoms. The molecule has 1 saturated heterocycles. The SMILES string of the molecule is NC(c1cccc(-c2ccnc3[nH]ncc23)c1)N1CCNCC1. The van der Waals surface area contributed by atoms with Crippen LogP contribution in [0.1, 0.15) is 11.7 Å². The minimum atomic E-state index is -0.0706. The maximum Gasteiger partial charge on any atom is 0.155 e. The number of pyridine rings is 1.